The zero-order valence-corrected chi connectivity index (χ0v) is 15.6. The predicted molar refractivity (Wildman–Crippen MR) is 94.0 cm³/mol. The summed E-state index contributed by atoms with van der Waals surface area (Å²) < 4.78 is 31.5. The van der Waals surface area contributed by atoms with Crippen molar-refractivity contribution in [2.45, 2.75) is 50.0 Å². The quantitative estimate of drug-likeness (QED) is 0.793. The Morgan fingerprint density at radius 3 is 2.42 bits per heavy atom. The molecule has 140 valence electrons. The lowest BCUT2D eigenvalue weighted by Gasteiger charge is -2.26. The first kappa shape index (κ1) is 18.5. The van der Waals surface area contributed by atoms with Gasteiger partial charge in [-0.05, 0) is 37.1 Å². The molecule has 1 aromatic carbocycles. The SMILES string of the molecule is CCNS(=O)(=O)c1ccc(C(=O)NC2(c3noc(C)n3)CCCC2)cc1. The van der Waals surface area contributed by atoms with Gasteiger partial charge in [0.1, 0.15) is 5.54 Å². The van der Waals surface area contributed by atoms with Gasteiger partial charge in [0.05, 0.1) is 4.90 Å². The fourth-order valence-corrected chi connectivity index (χ4v) is 4.27. The van der Waals surface area contributed by atoms with Crippen LogP contribution in [0.25, 0.3) is 0 Å². The van der Waals surface area contributed by atoms with Gasteiger partial charge < -0.3 is 9.84 Å². The molecule has 1 aliphatic carbocycles. The van der Waals surface area contributed by atoms with Gasteiger partial charge in [0.15, 0.2) is 5.82 Å². The zero-order chi connectivity index (χ0) is 18.8. The largest absolute Gasteiger partial charge is 0.340 e. The van der Waals surface area contributed by atoms with Crippen molar-refractivity contribution in [2.75, 3.05) is 6.54 Å². The Bertz CT molecular complexity index is 884. The van der Waals surface area contributed by atoms with E-state index in [-0.39, 0.29) is 10.8 Å². The zero-order valence-electron chi connectivity index (χ0n) is 14.8. The molecule has 1 aliphatic rings. The summed E-state index contributed by atoms with van der Waals surface area (Å²) in [5.41, 5.74) is -0.254. The number of hydrogen-bond acceptors (Lipinski definition) is 6. The van der Waals surface area contributed by atoms with Crippen LogP contribution in [0.5, 0.6) is 0 Å². The highest BCUT2D eigenvalue weighted by Gasteiger charge is 2.41. The standard InChI is InChI=1S/C17H22N4O4S/c1-3-18-26(23,24)14-8-6-13(7-9-14)15(22)20-17(10-4-5-11-17)16-19-12(2)25-21-16/h6-9,18H,3-5,10-11H2,1-2H3,(H,20,22). The molecule has 0 radical (unpaired) electrons. The highest BCUT2D eigenvalue weighted by atomic mass is 32.2. The second-order valence-electron chi connectivity index (χ2n) is 6.41. The van der Waals surface area contributed by atoms with E-state index in [0.29, 0.717) is 23.8 Å². The summed E-state index contributed by atoms with van der Waals surface area (Å²) in [6.07, 6.45) is 3.41. The number of nitrogens with zero attached hydrogens (tertiary/aromatic N) is 2. The van der Waals surface area contributed by atoms with Crippen LogP contribution in [0.2, 0.25) is 0 Å². The van der Waals surface area contributed by atoms with Crippen LogP contribution in [-0.2, 0) is 15.6 Å². The average Bonchev–Trinajstić information content (AvgIpc) is 3.25. The van der Waals surface area contributed by atoms with Crippen molar-refractivity contribution >= 4 is 15.9 Å². The lowest BCUT2D eigenvalue weighted by atomic mass is 9.96. The van der Waals surface area contributed by atoms with Crippen LogP contribution in [0.3, 0.4) is 0 Å². The minimum Gasteiger partial charge on any atom is -0.340 e. The van der Waals surface area contributed by atoms with Crippen molar-refractivity contribution in [3.05, 3.63) is 41.5 Å². The Balaban J connectivity index is 1.81. The molecule has 1 fully saturated rings. The van der Waals surface area contributed by atoms with E-state index in [1.165, 1.54) is 24.3 Å². The number of aryl methyl sites for hydroxylation is 1. The monoisotopic (exact) mass is 378 g/mol. The van der Waals surface area contributed by atoms with E-state index >= 15 is 0 Å². The van der Waals surface area contributed by atoms with Gasteiger partial charge in [0.25, 0.3) is 5.91 Å². The molecule has 2 aromatic rings. The van der Waals surface area contributed by atoms with Crippen LogP contribution >= 0.6 is 0 Å². The predicted octanol–water partition coefficient (Wildman–Crippen LogP) is 1.88. The van der Waals surface area contributed by atoms with Gasteiger partial charge in [-0.15, -0.1) is 0 Å². The van der Waals surface area contributed by atoms with E-state index in [1.54, 1.807) is 13.8 Å². The normalized spacial score (nSPS) is 16.5. The lowest BCUT2D eigenvalue weighted by molar-refractivity contribution is 0.0892. The molecular weight excluding hydrogens is 356 g/mol. The Morgan fingerprint density at radius 1 is 1.23 bits per heavy atom. The van der Waals surface area contributed by atoms with Crippen LogP contribution < -0.4 is 10.0 Å². The molecule has 1 amide bonds. The summed E-state index contributed by atoms with van der Waals surface area (Å²) in [5.74, 6) is 0.660. The number of carbonyl (C=O) groups is 1. The maximum Gasteiger partial charge on any atom is 0.252 e. The van der Waals surface area contributed by atoms with Gasteiger partial charge in [-0.1, -0.05) is 24.9 Å². The van der Waals surface area contributed by atoms with Crippen LogP contribution in [0.1, 0.15) is 54.7 Å². The van der Waals surface area contributed by atoms with E-state index < -0.39 is 15.6 Å². The van der Waals surface area contributed by atoms with Gasteiger partial charge in [-0.2, -0.15) is 4.98 Å². The molecule has 26 heavy (non-hydrogen) atoms. The second-order valence-corrected chi connectivity index (χ2v) is 8.17. The molecule has 0 bridgehead atoms. The number of benzene rings is 1. The molecule has 0 atom stereocenters. The van der Waals surface area contributed by atoms with Crippen LogP contribution in [0.15, 0.2) is 33.7 Å². The first-order valence-electron chi connectivity index (χ1n) is 8.59. The lowest BCUT2D eigenvalue weighted by Crippen LogP contribution is -2.44. The van der Waals surface area contributed by atoms with E-state index in [1.807, 2.05) is 0 Å². The number of amides is 1. The Kier molecular flexibility index (Phi) is 5.10. The van der Waals surface area contributed by atoms with Gasteiger partial charge in [-0.3, -0.25) is 4.79 Å². The number of carbonyl (C=O) groups excluding carboxylic acids is 1. The summed E-state index contributed by atoms with van der Waals surface area (Å²) in [4.78, 5) is 17.1. The van der Waals surface area contributed by atoms with Crippen LogP contribution in [0.4, 0.5) is 0 Å². The number of hydrogen-bond donors (Lipinski definition) is 2. The number of nitrogens with one attached hydrogen (secondary N) is 2. The molecule has 0 spiro atoms. The summed E-state index contributed by atoms with van der Waals surface area (Å²) in [6.45, 7) is 3.72. The average molecular weight is 378 g/mol. The third-order valence-electron chi connectivity index (χ3n) is 4.53. The minimum absolute atomic E-state index is 0.125. The molecule has 1 aromatic heterocycles. The minimum atomic E-state index is -3.54. The summed E-state index contributed by atoms with van der Waals surface area (Å²) in [5, 5.41) is 7.03. The first-order valence-corrected chi connectivity index (χ1v) is 10.1. The molecule has 1 saturated carbocycles. The van der Waals surface area contributed by atoms with E-state index in [0.717, 1.165) is 25.7 Å². The third kappa shape index (κ3) is 3.63. The van der Waals surface area contributed by atoms with E-state index in [9.17, 15) is 13.2 Å². The van der Waals surface area contributed by atoms with Gasteiger partial charge in [0, 0.05) is 19.0 Å². The van der Waals surface area contributed by atoms with E-state index in [4.69, 9.17) is 4.52 Å². The second kappa shape index (κ2) is 7.16. The molecule has 1 heterocycles. The van der Waals surface area contributed by atoms with Gasteiger partial charge in [0.2, 0.25) is 15.9 Å². The van der Waals surface area contributed by atoms with Crippen LogP contribution in [-0.4, -0.2) is 31.0 Å². The Hall–Kier alpha value is -2.26. The summed E-state index contributed by atoms with van der Waals surface area (Å²) in [7, 11) is -3.54. The highest BCUT2D eigenvalue weighted by Crippen LogP contribution is 2.37. The van der Waals surface area contributed by atoms with Crippen molar-refractivity contribution in [3.63, 3.8) is 0 Å². The topological polar surface area (TPSA) is 114 Å². The molecule has 0 unspecified atom stereocenters. The number of sulfonamides is 1. The molecule has 2 N–H and O–H groups in total. The summed E-state index contributed by atoms with van der Waals surface area (Å²) >= 11 is 0. The van der Waals surface area contributed by atoms with E-state index in [2.05, 4.69) is 20.2 Å². The first-order chi connectivity index (χ1) is 12.4. The molecule has 8 nitrogen and oxygen atoms in total. The summed E-state index contributed by atoms with van der Waals surface area (Å²) in [6, 6.07) is 5.85. The molecular formula is C17H22N4O4S. The molecule has 0 saturated heterocycles. The van der Waals surface area contributed by atoms with Crippen molar-refractivity contribution in [1.82, 2.24) is 20.2 Å². The maximum atomic E-state index is 12.7. The van der Waals surface area contributed by atoms with Gasteiger partial charge in [-0.25, -0.2) is 13.1 Å². The van der Waals surface area contributed by atoms with Crippen molar-refractivity contribution in [3.8, 4) is 0 Å². The molecule has 9 heteroatoms. The van der Waals surface area contributed by atoms with Crippen molar-refractivity contribution in [2.24, 2.45) is 0 Å². The smallest absolute Gasteiger partial charge is 0.252 e. The molecule has 3 rings (SSSR count). The van der Waals surface area contributed by atoms with Gasteiger partial charge >= 0.3 is 0 Å². The Labute approximate surface area is 152 Å². The number of aromatic nitrogens is 2. The third-order valence-corrected chi connectivity index (χ3v) is 6.09. The fourth-order valence-electron chi connectivity index (χ4n) is 3.22. The highest BCUT2D eigenvalue weighted by molar-refractivity contribution is 7.89. The molecule has 0 aliphatic heterocycles. The maximum absolute atomic E-state index is 12.7. The fraction of sp³-hybridized carbons (Fsp3) is 0.471. The van der Waals surface area contributed by atoms with Crippen molar-refractivity contribution in [1.29, 1.82) is 0 Å². The van der Waals surface area contributed by atoms with Crippen molar-refractivity contribution < 1.29 is 17.7 Å². The number of rotatable bonds is 6. The van der Waals surface area contributed by atoms with Crippen LogP contribution in [0, 0.1) is 6.92 Å². The Morgan fingerprint density at radius 2 is 1.88 bits per heavy atom.